The molecule has 0 aromatic carbocycles. The van der Waals surface area contributed by atoms with E-state index < -0.39 is 0 Å². The predicted octanol–water partition coefficient (Wildman–Crippen LogP) is 1.44. The van der Waals surface area contributed by atoms with Gasteiger partial charge >= 0.3 is 0 Å². The van der Waals surface area contributed by atoms with Gasteiger partial charge in [-0.05, 0) is 12.8 Å². The maximum atomic E-state index is 12.3. The number of hydrogen-bond donors (Lipinski definition) is 1. The first-order chi connectivity index (χ1) is 8.49. The van der Waals surface area contributed by atoms with Crippen molar-refractivity contribution in [2.45, 2.75) is 39.5 Å². The molecule has 104 valence electrons. The molecule has 0 spiro atoms. The zero-order valence-corrected chi connectivity index (χ0v) is 11.8. The molecule has 0 heterocycles. The molecule has 1 amide bonds. The Kier molecular flexibility index (Phi) is 5.79. The zero-order chi connectivity index (χ0) is 13.7. The van der Waals surface area contributed by atoms with E-state index in [0.29, 0.717) is 13.1 Å². The molecule has 0 aromatic heterocycles. The normalized spacial score (nSPS) is 24.1. The molecule has 2 N–H and O–H groups in total. The molecule has 0 aliphatic heterocycles. The molecule has 1 aliphatic carbocycles. The van der Waals surface area contributed by atoms with Gasteiger partial charge in [-0.2, -0.15) is 0 Å². The second-order valence-electron chi connectivity index (χ2n) is 5.60. The highest BCUT2D eigenvalue weighted by atomic mass is 16.2. The molecule has 4 heteroatoms. The first kappa shape index (κ1) is 15.2. The van der Waals surface area contributed by atoms with Gasteiger partial charge in [-0.3, -0.25) is 9.59 Å². The second-order valence-corrected chi connectivity index (χ2v) is 5.60. The molecule has 0 radical (unpaired) electrons. The van der Waals surface area contributed by atoms with Crippen molar-refractivity contribution in [1.82, 2.24) is 4.90 Å². The van der Waals surface area contributed by atoms with E-state index in [0.717, 1.165) is 25.7 Å². The third kappa shape index (κ3) is 3.55. The van der Waals surface area contributed by atoms with Crippen LogP contribution in [0, 0.1) is 17.8 Å². The quantitative estimate of drug-likeness (QED) is 0.807. The molecule has 0 aromatic rings. The van der Waals surface area contributed by atoms with Crippen molar-refractivity contribution in [3.63, 3.8) is 0 Å². The summed E-state index contributed by atoms with van der Waals surface area (Å²) in [6, 6.07) is 0. The van der Waals surface area contributed by atoms with Crippen molar-refractivity contribution in [1.29, 1.82) is 0 Å². The fourth-order valence-electron chi connectivity index (χ4n) is 2.78. The van der Waals surface area contributed by atoms with Crippen LogP contribution >= 0.6 is 0 Å². The van der Waals surface area contributed by atoms with Gasteiger partial charge in [0.05, 0.1) is 0 Å². The molecule has 0 unspecified atom stereocenters. The van der Waals surface area contributed by atoms with Crippen molar-refractivity contribution in [2.24, 2.45) is 23.5 Å². The van der Waals surface area contributed by atoms with Crippen LogP contribution < -0.4 is 5.73 Å². The van der Waals surface area contributed by atoms with Crippen molar-refractivity contribution in [3.8, 4) is 0 Å². The van der Waals surface area contributed by atoms with Gasteiger partial charge in [0.15, 0.2) is 0 Å². The number of amides is 1. The van der Waals surface area contributed by atoms with Gasteiger partial charge in [0.2, 0.25) is 5.91 Å². The summed E-state index contributed by atoms with van der Waals surface area (Å²) in [6.45, 7) is 4.87. The average Bonchev–Trinajstić information content (AvgIpc) is 2.37. The standard InChI is InChI=1S/C14H26N2O2/c1-10(2)13(17)11-6-4-5-7-12(11)14(18)16(3)9-8-15/h10-12H,4-9,15H2,1-3H3/t11-,12+/m1/s1. The van der Waals surface area contributed by atoms with Crippen LogP contribution in [0.5, 0.6) is 0 Å². The number of likely N-dealkylation sites (N-methyl/N-ethyl adjacent to an activating group) is 1. The summed E-state index contributed by atoms with van der Waals surface area (Å²) in [5.74, 6) is 0.160. The Bertz CT molecular complexity index is 302. The lowest BCUT2D eigenvalue weighted by Crippen LogP contribution is -2.43. The highest BCUT2D eigenvalue weighted by molar-refractivity contribution is 5.89. The van der Waals surface area contributed by atoms with Crippen molar-refractivity contribution < 1.29 is 9.59 Å². The largest absolute Gasteiger partial charge is 0.344 e. The number of ketones is 1. The lowest BCUT2D eigenvalue weighted by molar-refractivity contribution is -0.142. The summed E-state index contributed by atoms with van der Waals surface area (Å²) in [6.07, 6.45) is 3.82. The van der Waals surface area contributed by atoms with E-state index in [2.05, 4.69) is 0 Å². The van der Waals surface area contributed by atoms with Crippen LogP contribution in [0.4, 0.5) is 0 Å². The molecule has 1 saturated carbocycles. The SMILES string of the molecule is CC(C)C(=O)[C@@H]1CCCC[C@@H]1C(=O)N(C)CCN. The monoisotopic (exact) mass is 254 g/mol. The maximum absolute atomic E-state index is 12.3. The predicted molar refractivity (Wildman–Crippen MR) is 72.0 cm³/mol. The van der Waals surface area contributed by atoms with Crippen LogP contribution in [0.1, 0.15) is 39.5 Å². The Morgan fingerprint density at radius 1 is 1.22 bits per heavy atom. The minimum absolute atomic E-state index is 0.0169. The molecular formula is C14H26N2O2. The van der Waals surface area contributed by atoms with E-state index in [4.69, 9.17) is 5.73 Å². The minimum atomic E-state index is -0.120. The van der Waals surface area contributed by atoms with Gasteiger partial charge < -0.3 is 10.6 Å². The molecule has 0 saturated heterocycles. The van der Waals surface area contributed by atoms with Gasteiger partial charge in [-0.15, -0.1) is 0 Å². The first-order valence-corrected chi connectivity index (χ1v) is 6.97. The van der Waals surface area contributed by atoms with E-state index in [9.17, 15) is 9.59 Å². The fraction of sp³-hybridized carbons (Fsp3) is 0.857. The minimum Gasteiger partial charge on any atom is -0.344 e. The smallest absolute Gasteiger partial charge is 0.226 e. The van der Waals surface area contributed by atoms with E-state index in [1.807, 2.05) is 13.8 Å². The lowest BCUT2D eigenvalue weighted by atomic mass is 9.74. The van der Waals surface area contributed by atoms with Gasteiger partial charge in [0.1, 0.15) is 5.78 Å². The molecule has 2 atom stereocenters. The number of carbonyl (C=O) groups excluding carboxylic acids is 2. The van der Waals surface area contributed by atoms with Gasteiger partial charge in [-0.25, -0.2) is 0 Å². The molecule has 1 rings (SSSR count). The van der Waals surface area contributed by atoms with Crippen LogP contribution in [0.15, 0.2) is 0 Å². The number of rotatable bonds is 5. The third-order valence-electron chi connectivity index (χ3n) is 3.86. The Labute approximate surface area is 110 Å². The summed E-state index contributed by atoms with van der Waals surface area (Å²) in [7, 11) is 1.78. The number of carbonyl (C=O) groups is 2. The zero-order valence-electron chi connectivity index (χ0n) is 11.8. The van der Waals surface area contributed by atoms with E-state index in [1.54, 1.807) is 11.9 Å². The molecular weight excluding hydrogens is 228 g/mol. The molecule has 4 nitrogen and oxygen atoms in total. The maximum Gasteiger partial charge on any atom is 0.226 e. The highest BCUT2D eigenvalue weighted by Gasteiger charge is 2.37. The fourth-order valence-corrected chi connectivity index (χ4v) is 2.78. The van der Waals surface area contributed by atoms with Crippen molar-refractivity contribution in [3.05, 3.63) is 0 Å². The highest BCUT2D eigenvalue weighted by Crippen LogP contribution is 2.33. The average molecular weight is 254 g/mol. The molecule has 18 heavy (non-hydrogen) atoms. The summed E-state index contributed by atoms with van der Waals surface area (Å²) in [5, 5.41) is 0. The van der Waals surface area contributed by atoms with Crippen molar-refractivity contribution in [2.75, 3.05) is 20.1 Å². The summed E-state index contributed by atoms with van der Waals surface area (Å²) < 4.78 is 0. The number of nitrogens with two attached hydrogens (primary N) is 1. The first-order valence-electron chi connectivity index (χ1n) is 6.97. The third-order valence-corrected chi connectivity index (χ3v) is 3.86. The Morgan fingerprint density at radius 2 is 1.78 bits per heavy atom. The van der Waals surface area contributed by atoms with Gasteiger partial charge in [0, 0.05) is 37.9 Å². The van der Waals surface area contributed by atoms with E-state index in [1.165, 1.54) is 0 Å². The number of nitrogens with zero attached hydrogens (tertiary/aromatic N) is 1. The Hall–Kier alpha value is -0.900. The number of hydrogen-bond acceptors (Lipinski definition) is 3. The van der Waals surface area contributed by atoms with E-state index >= 15 is 0 Å². The second kappa shape index (κ2) is 6.88. The van der Waals surface area contributed by atoms with Crippen LogP contribution in [-0.2, 0) is 9.59 Å². The summed E-state index contributed by atoms with van der Waals surface area (Å²) >= 11 is 0. The Balaban J connectivity index is 2.76. The van der Waals surface area contributed by atoms with Crippen LogP contribution in [0.25, 0.3) is 0 Å². The number of Topliss-reactive ketones (excluding diaryl/α,β-unsaturated/α-hetero) is 1. The van der Waals surface area contributed by atoms with Gasteiger partial charge in [0.25, 0.3) is 0 Å². The van der Waals surface area contributed by atoms with Crippen LogP contribution in [0.3, 0.4) is 0 Å². The van der Waals surface area contributed by atoms with Crippen LogP contribution in [-0.4, -0.2) is 36.7 Å². The topological polar surface area (TPSA) is 63.4 Å². The molecule has 1 aliphatic rings. The van der Waals surface area contributed by atoms with Crippen molar-refractivity contribution >= 4 is 11.7 Å². The van der Waals surface area contributed by atoms with Gasteiger partial charge in [-0.1, -0.05) is 26.7 Å². The summed E-state index contributed by atoms with van der Waals surface area (Å²) in [5.41, 5.74) is 5.48. The van der Waals surface area contributed by atoms with E-state index in [-0.39, 0.29) is 29.4 Å². The molecule has 0 bridgehead atoms. The lowest BCUT2D eigenvalue weighted by Gasteiger charge is -2.33. The van der Waals surface area contributed by atoms with Crippen LogP contribution in [0.2, 0.25) is 0 Å². The molecule has 1 fully saturated rings. The Morgan fingerprint density at radius 3 is 2.28 bits per heavy atom. The summed E-state index contributed by atoms with van der Waals surface area (Å²) in [4.78, 5) is 26.2.